The summed E-state index contributed by atoms with van der Waals surface area (Å²) in [5, 5.41) is 0. The SMILES string of the molecule is CCC[CH2][Sn]([CH2]CCC)([CH2]CCC)[CH2]C1COC/C1=C/C=C/c1ccccc1. The van der Waals surface area contributed by atoms with Crippen LogP contribution in [0.5, 0.6) is 0 Å². The Morgan fingerprint density at radius 2 is 1.54 bits per heavy atom. The Kier molecular flexibility index (Phi) is 11.6. The molecule has 1 saturated heterocycles. The van der Waals surface area contributed by atoms with E-state index >= 15 is 0 Å². The van der Waals surface area contributed by atoms with E-state index in [2.05, 4.69) is 69.3 Å². The van der Waals surface area contributed by atoms with E-state index in [1.54, 1.807) is 18.9 Å². The van der Waals surface area contributed by atoms with Crippen molar-refractivity contribution in [1.82, 2.24) is 0 Å². The second-order valence-corrected chi connectivity index (χ2v) is 22.7. The maximum absolute atomic E-state index is 5.96. The van der Waals surface area contributed by atoms with E-state index < -0.39 is 18.4 Å². The molecule has 1 aliphatic heterocycles. The van der Waals surface area contributed by atoms with E-state index in [0.717, 1.165) is 13.2 Å². The molecule has 1 aromatic rings. The Morgan fingerprint density at radius 1 is 0.929 bits per heavy atom. The third-order valence-electron chi connectivity index (χ3n) is 6.37. The van der Waals surface area contributed by atoms with Gasteiger partial charge in [0.25, 0.3) is 0 Å². The van der Waals surface area contributed by atoms with Gasteiger partial charge in [0.1, 0.15) is 0 Å². The van der Waals surface area contributed by atoms with E-state index in [0.29, 0.717) is 5.92 Å². The van der Waals surface area contributed by atoms with Crippen molar-refractivity contribution >= 4 is 24.5 Å². The van der Waals surface area contributed by atoms with Gasteiger partial charge < -0.3 is 0 Å². The molecule has 0 aromatic heterocycles. The Bertz CT molecular complexity index is 568. The van der Waals surface area contributed by atoms with Crippen LogP contribution in [0.25, 0.3) is 6.08 Å². The quantitative estimate of drug-likeness (QED) is 0.254. The van der Waals surface area contributed by atoms with Crippen molar-refractivity contribution in [3.63, 3.8) is 0 Å². The summed E-state index contributed by atoms with van der Waals surface area (Å²) in [7, 11) is 0. The summed E-state index contributed by atoms with van der Waals surface area (Å²) in [5.74, 6) is 0.696. The normalized spacial score (nSPS) is 19.1. The van der Waals surface area contributed by atoms with Crippen molar-refractivity contribution in [3.8, 4) is 0 Å². The summed E-state index contributed by atoms with van der Waals surface area (Å²) in [4.78, 5) is 0. The predicted molar refractivity (Wildman–Crippen MR) is 128 cm³/mol. The number of hydrogen-bond donors (Lipinski definition) is 0. The molecule has 2 heteroatoms. The topological polar surface area (TPSA) is 9.23 Å². The van der Waals surface area contributed by atoms with E-state index in [1.165, 1.54) is 48.5 Å². The molecule has 2 rings (SSSR count). The Hall–Kier alpha value is -0.541. The zero-order valence-electron chi connectivity index (χ0n) is 18.6. The van der Waals surface area contributed by atoms with Gasteiger partial charge in [-0.2, -0.15) is 0 Å². The van der Waals surface area contributed by atoms with Gasteiger partial charge in [0, 0.05) is 0 Å². The third kappa shape index (κ3) is 8.06. The molecular formula is C26H42OSn. The Labute approximate surface area is 178 Å². The molecule has 28 heavy (non-hydrogen) atoms. The van der Waals surface area contributed by atoms with Crippen molar-refractivity contribution in [3.05, 3.63) is 53.6 Å². The van der Waals surface area contributed by atoms with Gasteiger partial charge in [-0.15, -0.1) is 0 Å². The molecule has 1 atom stereocenters. The Balaban J connectivity index is 2.10. The van der Waals surface area contributed by atoms with Crippen LogP contribution < -0.4 is 0 Å². The van der Waals surface area contributed by atoms with Crippen molar-refractivity contribution in [2.24, 2.45) is 5.92 Å². The minimum atomic E-state index is -2.10. The fraction of sp³-hybridized carbons (Fsp3) is 0.615. The van der Waals surface area contributed by atoms with Gasteiger partial charge in [0.2, 0.25) is 0 Å². The van der Waals surface area contributed by atoms with E-state index in [1.807, 2.05) is 0 Å². The van der Waals surface area contributed by atoms with Crippen LogP contribution in [0.4, 0.5) is 0 Å². The standard InChI is InChI=1S/C14H15O.3C4H9.Sn/c1-12-10-15-11-14(12)9-5-8-13-6-3-2-4-7-13;3*1-3-4-2;/h2-9,12H,1,10-11H2;3*1,3-4H2,2H3;/b8-5+,14-9-;;;;. The van der Waals surface area contributed by atoms with Crippen molar-refractivity contribution < 1.29 is 4.74 Å². The molecule has 156 valence electrons. The molecular weight excluding hydrogens is 447 g/mol. The molecule has 0 spiro atoms. The fourth-order valence-corrected chi connectivity index (χ4v) is 22.0. The summed E-state index contributed by atoms with van der Waals surface area (Å²) in [6.07, 6.45) is 15.3. The molecule has 0 N–H and O–H groups in total. The summed E-state index contributed by atoms with van der Waals surface area (Å²) in [6, 6.07) is 10.6. The van der Waals surface area contributed by atoms with Crippen molar-refractivity contribution in [1.29, 1.82) is 0 Å². The predicted octanol–water partition coefficient (Wildman–Crippen LogP) is 8.12. The zero-order valence-corrected chi connectivity index (χ0v) is 21.4. The van der Waals surface area contributed by atoms with Crippen molar-refractivity contribution in [2.45, 2.75) is 77.0 Å². The van der Waals surface area contributed by atoms with Crippen LogP contribution >= 0.6 is 0 Å². The number of rotatable bonds is 13. The summed E-state index contributed by atoms with van der Waals surface area (Å²) in [5.41, 5.74) is 2.83. The van der Waals surface area contributed by atoms with Gasteiger partial charge in [-0.25, -0.2) is 0 Å². The van der Waals surface area contributed by atoms with Crippen LogP contribution in [0, 0.1) is 5.92 Å². The van der Waals surface area contributed by atoms with Crippen LogP contribution in [0.3, 0.4) is 0 Å². The molecule has 1 nitrogen and oxygen atoms in total. The first-order chi connectivity index (χ1) is 13.7. The van der Waals surface area contributed by atoms with Gasteiger partial charge in [0.15, 0.2) is 0 Å². The van der Waals surface area contributed by atoms with Crippen LogP contribution in [-0.4, -0.2) is 31.6 Å². The second-order valence-electron chi connectivity index (χ2n) is 8.74. The average molecular weight is 489 g/mol. The third-order valence-corrected chi connectivity index (χ3v) is 22.4. The Morgan fingerprint density at radius 3 is 2.11 bits per heavy atom. The summed E-state index contributed by atoms with van der Waals surface area (Å²) < 4.78 is 12.3. The molecule has 1 aliphatic rings. The first-order valence-electron chi connectivity index (χ1n) is 11.7. The number of ether oxygens (including phenoxy) is 1. The number of benzene rings is 1. The summed E-state index contributed by atoms with van der Waals surface area (Å²) in [6.45, 7) is 8.92. The molecule has 1 aromatic carbocycles. The number of hydrogen-bond acceptors (Lipinski definition) is 1. The first-order valence-corrected chi connectivity index (χ1v) is 19.8. The number of allylic oxidation sites excluding steroid dienone is 2. The van der Waals surface area contributed by atoms with Gasteiger partial charge in [-0.05, 0) is 0 Å². The van der Waals surface area contributed by atoms with Gasteiger partial charge in [0.05, 0.1) is 0 Å². The van der Waals surface area contributed by atoms with Crippen molar-refractivity contribution in [2.75, 3.05) is 13.2 Å². The summed E-state index contributed by atoms with van der Waals surface area (Å²) >= 11 is -2.10. The zero-order chi connectivity index (χ0) is 20.1. The maximum atomic E-state index is 5.96. The van der Waals surface area contributed by atoms with Crippen LogP contribution in [0.15, 0.2) is 48.1 Å². The molecule has 0 saturated carbocycles. The molecule has 1 fully saturated rings. The van der Waals surface area contributed by atoms with Crippen LogP contribution in [0.2, 0.25) is 17.7 Å². The average Bonchev–Trinajstić information content (AvgIpc) is 3.16. The fourth-order valence-electron chi connectivity index (χ4n) is 4.62. The van der Waals surface area contributed by atoms with E-state index in [9.17, 15) is 0 Å². The van der Waals surface area contributed by atoms with Gasteiger partial charge >= 0.3 is 179 Å². The van der Waals surface area contributed by atoms with Crippen LogP contribution in [0.1, 0.15) is 64.9 Å². The van der Waals surface area contributed by atoms with Gasteiger partial charge in [-0.3, -0.25) is 0 Å². The molecule has 0 aliphatic carbocycles. The molecule has 0 radical (unpaired) electrons. The van der Waals surface area contributed by atoms with Gasteiger partial charge in [-0.1, -0.05) is 0 Å². The molecule has 1 heterocycles. The molecule has 1 unspecified atom stereocenters. The second kappa shape index (κ2) is 13.6. The van der Waals surface area contributed by atoms with E-state index in [4.69, 9.17) is 4.74 Å². The van der Waals surface area contributed by atoms with E-state index in [-0.39, 0.29) is 0 Å². The van der Waals surface area contributed by atoms with Crippen LogP contribution in [-0.2, 0) is 4.74 Å². The minimum absolute atomic E-state index is 0.696. The number of unbranched alkanes of at least 4 members (excludes halogenated alkanes) is 3. The monoisotopic (exact) mass is 490 g/mol. The molecule has 0 amide bonds. The molecule has 0 bridgehead atoms. The first kappa shape index (κ1) is 23.7.